The van der Waals surface area contributed by atoms with Crippen molar-refractivity contribution in [2.24, 2.45) is 0 Å². The maximum atomic E-state index is 12.1. The fourth-order valence-corrected chi connectivity index (χ4v) is 3.36. The molecule has 0 aromatic heterocycles. The Balaban J connectivity index is 2.24. The van der Waals surface area contributed by atoms with Crippen LogP contribution in [0.4, 0.5) is 0 Å². The van der Waals surface area contributed by atoms with Gasteiger partial charge in [0.15, 0.2) is 18.7 Å². The first kappa shape index (κ1) is 27.5. The minimum Gasteiger partial charge on any atom is -0.463 e. The van der Waals surface area contributed by atoms with E-state index in [0.29, 0.717) is 0 Å². The minimum absolute atomic E-state index is 0.141. The lowest BCUT2D eigenvalue weighted by Crippen LogP contribution is -2.65. The molecule has 0 amide bonds. The number of esters is 2. The number of carbonyl (C=O) groups excluding carboxylic acids is 3. The Morgan fingerprint density at radius 2 is 1.45 bits per heavy atom. The SMILES string of the molecule is CC(=O)CCC(=O)O[C@H]1[C@H](O[C@H]2[C@H](O)[C@@H](O)[C@H](O)O[C@@H]2CO)O[C@H](COC(C)=O)[C@H](O)[C@@H]1O. The summed E-state index contributed by atoms with van der Waals surface area (Å²) in [5.41, 5.74) is 0. The van der Waals surface area contributed by atoms with Gasteiger partial charge in [0, 0.05) is 13.3 Å². The molecule has 190 valence electrons. The average molecular weight is 482 g/mol. The number of hydrogen-bond donors (Lipinski definition) is 6. The van der Waals surface area contributed by atoms with Crippen molar-refractivity contribution in [3.05, 3.63) is 0 Å². The summed E-state index contributed by atoms with van der Waals surface area (Å²) in [7, 11) is 0. The zero-order chi connectivity index (χ0) is 24.9. The maximum Gasteiger partial charge on any atom is 0.306 e. The van der Waals surface area contributed by atoms with Crippen molar-refractivity contribution >= 4 is 17.7 Å². The molecule has 0 saturated carbocycles. The molecule has 10 atom stereocenters. The van der Waals surface area contributed by atoms with Crippen LogP contribution in [0.25, 0.3) is 0 Å². The first-order chi connectivity index (χ1) is 15.5. The monoisotopic (exact) mass is 482 g/mol. The summed E-state index contributed by atoms with van der Waals surface area (Å²) in [5.74, 6) is -1.92. The predicted octanol–water partition coefficient (Wildman–Crippen LogP) is -3.91. The molecule has 2 saturated heterocycles. The molecule has 0 spiro atoms. The fraction of sp³-hybridized carbons (Fsp3) is 0.842. The summed E-state index contributed by atoms with van der Waals surface area (Å²) in [5, 5.41) is 60.3. The van der Waals surface area contributed by atoms with Gasteiger partial charge >= 0.3 is 11.9 Å². The second kappa shape index (κ2) is 12.1. The molecule has 2 rings (SSSR count). The zero-order valence-corrected chi connectivity index (χ0v) is 18.1. The topological polar surface area (TPSA) is 219 Å². The third-order valence-corrected chi connectivity index (χ3v) is 5.17. The van der Waals surface area contributed by atoms with Crippen molar-refractivity contribution in [2.45, 2.75) is 88.1 Å². The summed E-state index contributed by atoms with van der Waals surface area (Å²) in [6.07, 6.45) is -17.0. The molecule has 2 heterocycles. The van der Waals surface area contributed by atoms with E-state index in [9.17, 15) is 45.0 Å². The molecule has 2 fully saturated rings. The van der Waals surface area contributed by atoms with E-state index in [2.05, 4.69) is 0 Å². The Morgan fingerprint density at radius 3 is 2.03 bits per heavy atom. The van der Waals surface area contributed by atoms with Crippen LogP contribution >= 0.6 is 0 Å². The van der Waals surface area contributed by atoms with Crippen LogP contribution in [0.15, 0.2) is 0 Å². The van der Waals surface area contributed by atoms with E-state index in [1.807, 2.05) is 0 Å². The Kier molecular flexibility index (Phi) is 10.1. The van der Waals surface area contributed by atoms with Crippen LogP contribution in [0.5, 0.6) is 0 Å². The van der Waals surface area contributed by atoms with Crippen molar-refractivity contribution in [1.82, 2.24) is 0 Å². The van der Waals surface area contributed by atoms with Gasteiger partial charge in [-0.2, -0.15) is 0 Å². The second-order valence-electron chi connectivity index (χ2n) is 7.81. The third kappa shape index (κ3) is 7.11. The highest BCUT2D eigenvalue weighted by molar-refractivity contribution is 5.81. The Bertz CT molecular complexity index is 683. The Morgan fingerprint density at radius 1 is 0.818 bits per heavy atom. The van der Waals surface area contributed by atoms with Crippen LogP contribution in [0, 0.1) is 0 Å². The van der Waals surface area contributed by atoms with Crippen molar-refractivity contribution in [1.29, 1.82) is 0 Å². The largest absolute Gasteiger partial charge is 0.463 e. The second-order valence-corrected chi connectivity index (χ2v) is 7.81. The number of carbonyl (C=O) groups is 3. The van der Waals surface area contributed by atoms with Gasteiger partial charge in [-0.25, -0.2) is 0 Å². The van der Waals surface area contributed by atoms with Gasteiger partial charge in [-0.15, -0.1) is 0 Å². The van der Waals surface area contributed by atoms with E-state index in [0.717, 1.165) is 6.92 Å². The quantitative estimate of drug-likeness (QED) is 0.173. The molecule has 2 aliphatic rings. The van der Waals surface area contributed by atoms with Gasteiger partial charge in [0.2, 0.25) is 0 Å². The van der Waals surface area contributed by atoms with Crippen LogP contribution in [0.1, 0.15) is 26.7 Å². The molecule has 0 aromatic carbocycles. The number of Topliss-reactive ketones (excluding diaryl/α,β-unsaturated/α-hetero) is 1. The van der Waals surface area contributed by atoms with Gasteiger partial charge in [0.1, 0.15) is 55.1 Å². The summed E-state index contributed by atoms with van der Waals surface area (Å²) < 4.78 is 26.0. The number of ketones is 1. The van der Waals surface area contributed by atoms with E-state index < -0.39 is 86.6 Å². The summed E-state index contributed by atoms with van der Waals surface area (Å²) in [6.45, 7) is 1.10. The van der Waals surface area contributed by atoms with E-state index in [4.69, 9.17) is 23.7 Å². The van der Waals surface area contributed by atoms with Crippen LogP contribution in [0.2, 0.25) is 0 Å². The molecule has 6 N–H and O–H groups in total. The van der Waals surface area contributed by atoms with Gasteiger partial charge in [0.25, 0.3) is 0 Å². The van der Waals surface area contributed by atoms with E-state index in [1.54, 1.807) is 0 Å². The van der Waals surface area contributed by atoms with Gasteiger partial charge in [-0.1, -0.05) is 0 Å². The van der Waals surface area contributed by atoms with Crippen molar-refractivity contribution in [2.75, 3.05) is 13.2 Å². The molecule has 2 aliphatic heterocycles. The van der Waals surface area contributed by atoms with Crippen LogP contribution in [-0.4, -0.2) is 123 Å². The van der Waals surface area contributed by atoms with E-state index in [-0.39, 0.29) is 18.6 Å². The number of aliphatic hydroxyl groups excluding tert-OH is 6. The van der Waals surface area contributed by atoms with Crippen LogP contribution < -0.4 is 0 Å². The van der Waals surface area contributed by atoms with Crippen molar-refractivity contribution in [3.63, 3.8) is 0 Å². The van der Waals surface area contributed by atoms with Crippen molar-refractivity contribution < 1.29 is 68.7 Å². The first-order valence-corrected chi connectivity index (χ1v) is 10.3. The molecule has 0 unspecified atom stereocenters. The van der Waals surface area contributed by atoms with E-state index >= 15 is 0 Å². The molecule has 0 aromatic rings. The fourth-order valence-electron chi connectivity index (χ4n) is 3.36. The molecule has 0 aliphatic carbocycles. The summed E-state index contributed by atoms with van der Waals surface area (Å²) in [6, 6.07) is 0. The molecule has 0 radical (unpaired) electrons. The number of hydrogen-bond acceptors (Lipinski definition) is 14. The molecule has 0 bridgehead atoms. The highest BCUT2D eigenvalue weighted by atomic mass is 16.7. The van der Waals surface area contributed by atoms with Gasteiger partial charge in [-0.05, 0) is 6.92 Å². The molecular formula is C19H30O14. The highest BCUT2D eigenvalue weighted by Crippen LogP contribution is 2.30. The molecule has 33 heavy (non-hydrogen) atoms. The minimum atomic E-state index is -1.83. The average Bonchev–Trinajstić information content (AvgIpc) is 2.76. The molecular weight excluding hydrogens is 452 g/mol. The van der Waals surface area contributed by atoms with Crippen molar-refractivity contribution in [3.8, 4) is 0 Å². The predicted molar refractivity (Wildman–Crippen MR) is 102 cm³/mol. The smallest absolute Gasteiger partial charge is 0.306 e. The van der Waals surface area contributed by atoms with Crippen LogP contribution in [0.3, 0.4) is 0 Å². The Labute approximate surface area is 188 Å². The number of ether oxygens (including phenoxy) is 5. The summed E-state index contributed by atoms with van der Waals surface area (Å²) >= 11 is 0. The van der Waals surface area contributed by atoms with Gasteiger partial charge in [-0.3, -0.25) is 9.59 Å². The molecule has 14 heteroatoms. The van der Waals surface area contributed by atoms with Gasteiger partial charge in [0.05, 0.1) is 13.0 Å². The highest BCUT2D eigenvalue weighted by Gasteiger charge is 2.52. The van der Waals surface area contributed by atoms with Gasteiger partial charge < -0.3 is 59.1 Å². The summed E-state index contributed by atoms with van der Waals surface area (Å²) in [4.78, 5) is 34.4. The lowest BCUT2D eigenvalue weighted by molar-refractivity contribution is -0.355. The normalized spacial score (nSPS) is 39.0. The Hall–Kier alpha value is -1.75. The lowest BCUT2D eigenvalue weighted by Gasteiger charge is -2.46. The standard InChI is InChI=1S/C19H30O14/c1-7(21)3-4-11(23)32-17-13(25)12(24)10(6-29-8(2)22)31-19(17)33-16-9(5-20)30-18(28)15(27)14(16)26/h9-10,12-20,24-28H,3-6H2,1-2H3/t9-,10-,12+,13+,14-,15-,16-,17-,18-,19+/m1/s1. The third-order valence-electron chi connectivity index (χ3n) is 5.17. The maximum absolute atomic E-state index is 12.1. The number of rotatable bonds is 9. The van der Waals surface area contributed by atoms with E-state index in [1.165, 1.54) is 6.92 Å². The lowest BCUT2D eigenvalue weighted by atomic mass is 9.97. The zero-order valence-electron chi connectivity index (χ0n) is 18.1. The number of aliphatic hydroxyl groups is 6. The first-order valence-electron chi connectivity index (χ1n) is 10.3. The molecule has 14 nitrogen and oxygen atoms in total. The van der Waals surface area contributed by atoms with Crippen LogP contribution in [-0.2, 0) is 38.1 Å².